The molecule has 30 heavy (non-hydrogen) atoms. The van der Waals surface area contributed by atoms with Crippen molar-refractivity contribution in [1.82, 2.24) is 0 Å². The summed E-state index contributed by atoms with van der Waals surface area (Å²) in [6, 6.07) is 17.9. The van der Waals surface area contributed by atoms with E-state index >= 15 is 0 Å². The van der Waals surface area contributed by atoms with Crippen molar-refractivity contribution in [3.63, 3.8) is 0 Å². The first kappa shape index (κ1) is 19.0. The topological polar surface area (TPSA) is 121 Å². The van der Waals surface area contributed by atoms with E-state index < -0.39 is 0 Å². The summed E-state index contributed by atoms with van der Waals surface area (Å²) < 4.78 is 0. The SMILES string of the molecule is Oc1cc(O)cc(-c2cc(-c3cc(O)cc(O)c3)cc(-c3cc(O)cc(O)c3)c2)c1. The van der Waals surface area contributed by atoms with Gasteiger partial charge in [-0.25, -0.2) is 0 Å². The van der Waals surface area contributed by atoms with Crippen LogP contribution < -0.4 is 0 Å². The molecule has 6 nitrogen and oxygen atoms in total. The molecule has 6 heteroatoms. The minimum atomic E-state index is -0.109. The van der Waals surface area contributed by atoms with E-state index in [0.29, 0.717) is 33.4 Å². The highest BCUT2D eigenvalue weighted by Gasteiger charge is 2.12. The second kappa shape index (κ2) is 7.25. The lowest BCUT2D eigenvalue weighted by Gasteiger charge is -2.13. The Morgan fingerprint density at radius 3 is 0.600 bits per heavy atom. The molecule has 0 saturated heterocycles. The number of phenols is 6. The molecule has 0 fully saturated rings. The van der Waals surface area contributed by atoms with Gasteiger partial charge in [0.05, 0.1) is 0 Å². The second-order valence-electron chi connectivity index (χ2n) is 7.01. The molecule has 0 atom stereocenters. The Morgan fingerprint density at radius 2 is 0.400 bits per heavy atom. The Bertz CT molecular complexity index is 1030. The van der Waals surface area contributed by atoms with Crippen LogP contribution in [0.1, 0.15) is 0 Å². The summed E-state index contributed by atoms with van der Waals surface area (Å²) in [5.41, 5.74) is 3.47. The molecule has 0 saturated carbocycles. The minimum Gasteiger partial charge on any atom is -0.508 e. The Morgan fingerprint density at radius 1 is 0.233 bits per heavy atom. The van der Waals surface area contributed by atoms with Gasteiger partial charge in [-0.3, -0.25) is 0 Å². The van der Waals surface area contributed by atoms with Gasteiger partial charge >= 0.3 is 0 Å². The van der Waals surface area contributed by atoms with Crippen molar-refractivity contribution in [2.45, 2.75) is 0 Å². The molecule has 4 aromatic carbocycles. The summed E-state index contributed by atoms with van der Waals surface area (Å²) >= 11 is 0. The number of rotatable bonds is 3. The van der Waals surface area contributed by atoms with Crippen LogP contribution in [0.5, 0.6) is 34.5 Å². The highest BCUT2D eigenvalue weighted by Crippen LogP contribution is 2.38. The smallest absolute Gasteiger partial charge is 0.119 e. The van der Waals surface area contributed by atoms with Gasteiger partial charge in [0.15, 0.2) is 0 Å². The van der Waals surface area contributed by atoms with E-state index in [1.807, 2.05) is 0 Å². The summed E-state index contributed by atoms with van der Waals surface area (Å²) in [4.78, 5) is 0. The van der Waals surface area contributed by atoms with Crippen molar-refractivity contribution < 1.29 is 30.6 Å². The molecule has 6 N–H and O–H groups in total. The van der Waals surface area contributed by atoms with Crippen molar-refractivity contribution in [1.29, 1.82) is 0 Å². The van der Waals surface area contributed by atoms with Gasteiger partial charge in [-0.05, 0) is 88.0 Å². The predicted molar refractivity (Wildman–Crippen MR) is 113 cm³/mol. The van der Waals surface area contributed by atoms with Crippen LogP contribution in [-0.4, -0.2) is 30.6 Å². The Labute approximate surface area is 171 Å². The molecule has 0 bridgehead atoms. The summed E-state index contributed by atoms with van der Waals surface area (Å²) in [5.74, 6) is -0.656. The lowest BCUT2D eigenvalue weighted by molar-refractivity contribution is 0.450. The van der Waals surface area contributed by atoms with Crippen molar-refractivity contribution in [2.24, 2.45) is 0 Å². The zero-order valence-electron chi connectivity index (χ0n) is 15.6. The van der Waals surface area contributed by atoms with Crippen molar-refractivity contribution in [3.05, 3.63) is 72.8 Å². The zero-order valence-corrected chi connectivity index (χ0v) is 15.6. The van der Waals surface area contributed by atoms with Gasteiger partial charge < -0.3 is 30.6 Å². The van der Waals surface area contributed by atoms with Crippen molar-refractivity contribution >= 4 is 0 Å². The van der Waals surface area contributed by atoms with Crippen LogP contribution in [0.25, 0.3) is 33.4 Å². The molecule has 0 spiro atoms. The molecule has 0 unspecified atom stereocenters. The molecule has 0 radical (unpaired) electrons. The fourth-order valence-corrected chi connectivity index (χ4v) is 3.41. The number of hydrogen-bond donors (Lipinski definition) is 6. The minimum absolute atomic E-state index is 0.109. The van der Waals surface area contributed by atoms with E-state index in [4.69, 9.17) is 0 Å². The normalized spacial score (nSPS) is 10.8. The van der Waals surface area contributed by atoms with Gasteiger partial charge in [0.2, 0.25) is 0 Å². The number of hydrogen-bond acceptors (Lipinski definition) is 6. The van der Waals surface area contributed by atoms with Gasteiger partial charge in [0, 0.05) is 18.2 Å². The molecule has 0 amide bonds. The Balaban J connectivity index is 1.98. The van der Waals surface area contributed by atoms with Crippen molar-refractivity contribution in [2.75, 3.05) is 0 Å². The predicted octanol–water partition coefficient (Wildman–Crippen LogP) is 4.92. The third-order valence-electron chi connectivity index (χ3n) is 4.64. The van der Waals surface area contributed by atoms with Crippen LogP contribution >= 0.6 is 0 Å². The molecule has 0 aliphatic rings. The van der Waals surface area contributed by atoms with Crippen molar-refractivity contribution in [3.8, 4) is 67.9 Å². The zero-order chi connectivity index (χ0) is 21.4. The summed E-state index contributed by atoms with van der Waals surface area (Å²) in [7, 11) is 0. The number of aromatic hydroxyl groups is 6. The summed E-state index contributed by atoms with van der Waals surface area (Å²) in [6.45, 7) is 0. The Kier molecular flexibility index (Phi) is 4.60. The van der Waals surface area contributed by atoms with E-state index in [0.717, 1.165) is 0 Å². The fourth-order valence-electron chi connectivity index (χ4n) is 3.41. The molecular weight excluding hydrogens is 384 g/mol. The average Bonchev–Trinajstić information content (AvgIpc) is 2.65. The third-order valence-corrected chi connectivity index (χ3v) is 4.64. The molecule has 0 aromatic heterocycles. The molecule has 4 rings (SSSR count). The first-order valence-electron chi connectivity index (χ1n) is 9.02. The van der Waals surface area contributed by atoms with Crippen LogP contribution in [-0.2, 0) is 0 Å². The molecule has 4 aromatic rings. The van der Waals surface area contributed by atoms with Crippen LogP contribution in [0, 0.1) is 0 Å². The fraction of sp³-hybridized carbons (Fsp3) is 0. The van der Waals surface area contributed by atoms with Crippen LogP contribution in [0.4, 0.5) is 0 Å². The number of benzene rings is 4. The summed E-state index contributed by atoms with van der Waals surface area (Å²) in [5, 5.41) is 59.3. The van der Waals surface area contributed by atoms with E-state index in [9.17, 15) is 30.6 Å². The lowest BCUT2D eigenvalue weighted by Crippen LogP contribution is -1.87. The van der Waals surface area contributed by atoms with E-state index in [1.165, 1.54) is 54.6 Å². The third kappa shape index (κ3) is 3.93. The standard InChI is InChI=1S/C24H18O6/c25-19-4-16(5-20(26)10-19)13-1-14(17-6-21(27)11-22(28)7-17)3-15(2-13)18-8-23(29)12-24(30)9-18/h1-12,25-30H. The average molecular weight is 402 g/mol. The quantitative estimate of drug-likeness (QED) is 0.289. The maximum Gasteiger partial charge on any atom is 0.119 e. The number of phenolic OH excluding ortho intramolecular Hbond substituents is 6. The lowest BCUT2D eigenvalue weighted by atomic mass is 9.93. The van der Waals surface area contributed by atoms with Crippen LogP contribution in [0.3, 0.4) is 0 Å². The second-order valence-corrected chi connectivity index (χ2v) is 7.01. The molecule has 0 heterocycles. The van der Waals surface area contributed by atoms with E-state index in [2.05, 4.69) is 0 Å². The maximum atomic E-state index is 9.88. The highest BCUT2D eigenvalue weighted by atomic mass is 16.3. The molecular formula is C24H18O6. The maximum absolute atomic E-state index is 9.88. The van der Waals surface area contributed by atoms with E-state index in [-0.39, 0.29) is 34.5 Å². The highest BCUT2D eigenvalue weighted by molar-refractivity contribution is 5.83. The molecule has 0 aliphatic heterocycles. The van der Waals surface area contributed by atoms with Gasteiger partial charge in [-0.1, -0.05) is 0 Å². The first-order chi connectivity index (χ1) is 14.3. The van der Waals surface area contributed by atoms with Gasteiger partial charge in [0.1, 0.15) is 34.5 Å². The van der Waals surface area contributed by atoms with Crippen LogP contribution in [0.2, 0.25) is 0 Å². The summed E-state index contributed by atoms with van der Waals surface area (Å²) in [6.07, 6.45) is 0. The molecule has 0 aliphatic carbocycles. The first-order valence-corrected chi connectivity index (χ1v) is 9.02. The van der Waals surface area contributed by atoms with Gasteiger partial charge in [-0.2, -0.15) is 0 Å². The monoisotopic (exact) mass is 402 g/mol. The van der Waals surface area contributed by atoms with Gasteiger partial charge in [-0.15, -0.1) is 0 Å². The van der Waals surface area contributed by atoms with E-state index in [1.54, 1.807) is 18.2 Å². The van der Waals surface area contributed by atoms with Crippen LogP contribution in [0.15, 0.2) is 72.8 Å². The van der Waals surface area contributed by atoms with Gasteiger partial charge in [0.25, 0.3) is 0 Å². The molecule has 150 valence electrons. The largest absolute Gasteiger partial charge is 0.508 e. The Hall–Kier alpha value is -4.32.